The van der Waals surface area contributed by atoms with Crippen molar-refractivity contribution in [1.82, 2.24) is 30.6 Å². The number of carbonyl (C=O) groups excluding carboxylic acids is 2. The van der Waals surface area contributed by atoms with Crippen molar-refractivity contribution in [1.29, 1.82) is 0 Å². The number of halogens is 2. The van der Waals surface area contributed by atoms with Crippen LogP contribution in [0.1, 0.15) is 53.6 Å². The van der Waals surface area contributed by atoms with E-state index < -0.39 is 56.0 Å². The number of rotatable bonds is 18. The van der Waals surface area contributed by atoms with Crippen LogP contribution >= 0.6 is 45.3 Å². The average Bonchev–Trinajstić information content (AvgIpc) is 4.28. The maximum atomic E-state index is 11.6. The van der Waals surface area contributed by atoms with Gasteiger partial charge in [0.25, 0.3) is 0 Å². The molecule has 0 saturated heterocycles. The summed E-state index contributed by atoms with van der Waals surface area (Å²) >= 11 is 6.65. The molecule has 0 aliphatic rings. The molecule has 480 valence electrons. The topological polar surface area (TPSA) is 585 Å². The molecule has 0 bridgehead atoms. The van der Waals surface area contributed by atoms with Crippen LogP contribution in [-0.2, 0) is 68.3 Å². The molecular weight excluding hydrogens is 1440 g/mol. The summed E-state index contributed by atoms with van der Waals surface area (Å²) in [7, 11) is -9.89. The Labute approximate surface area is 542 Å². The second-order valence-corrected chi connectivity index (χ2v) is 20.0. The minimum absolute atomic E-state index is 0. The average molecular weight is 1490 g/mol. The molecular formula is C44H52Cl2Cu4N10O20S4. The number of nitrogens with one attached hydrogen (secondary N) is 2. The van der Waals surface area contributed by atoms with E-state index in [1.807, 2.05) is 49.2 Å². The van der Waals surface area contributed by atoms with Crippen molar-refractivity contribution in [3.63, 3.8) is 0 Å². The molecule has 4 radical (unpaired) electrons. The van der Waals surface area contributed by atoms with E-state index >= 15 is 0 Å². The van der Waals surface area contributed by atoms with Crippen LogP contribution < -0.4 is 78.5 Å². The third-order valence-corrected chi connectivity index (χ3v) is 11.3. The fourth-order valence-corrected chi connectivity index (χ4v) is 7.47. The van der Waals surface area contributed by atoms with E-state index in [4.69, 9.17) is 47.5 Å². The number of aliphatic hydroxyl groups excluding tert-OH is 2. The molecule has 40 heteroatoms. The van der Waals surface area contributed by atoms with Crippen LogP contribution in [0.25, 0.3) is 22.8 Å². The van der Waals surface area contributed by atoms with Crippen LogP contribution in [0.15, 0.2) is 90.0 Å². The summed E-state index contributed by atoms with van der Waals surface area (Å²) in [5, 5.41) is 103. The minimum Gasteiger partial charge on any atom is -0.858 e. The minimum atomic E-state index is -4.94. The molecule has 4 heterocycles. The monoisotopic (exact) mass is 1490 g/mol. The van der Waals surface area contributed by atoms with Gasteiger partial charge in [0.15, 0.2) is 0 Å². The first-order valence-electron chi connectivity index (χ1n) is 21.7. The number of thiazole rings is 4. The van der Waals surface area contributed by atoms with Gasteiger partial charge in [-0.15, -0.1) is 65.8 Å². The number of carboxylic acid groups (broad SMARTS) is 2. The van der Waals surface area contributed by atoms with E-state index in [1.54, 1.807) is 45.3 Å². The van der Waals surface area contributed by atoms with Crippen LogP contribution in [0.5, 0.6) is 0 Å². The first kappa shape index (κ1) is 91.1. The molecule has 84 heavy (non-hydrogen) atoms. The van der Waals surface area contributed by atoms with Crippen molar-refractivity contribution < 1.29 is 187 Å². The summed E-state index contributed by atoms with van der Waals surface area (Å²) in [6.45, 7) is 10.3. The molecule has 2 aromatic carbocycles. The Bertz CT molecular complexity index is 2580. The van der Waals surface area contributed by atoms with E-state index in [1.165, 1.54) is 48.5 Å². The zero-order valence-electron chi connectivity index (χ0n) is 43.6. The number of benzene rings is 2. The maximum absolute atomic E-state index is 11.6. The van der Waals surface area contributed by atoms with Crippen molar-refractivity contribution in [2.75, 3.05) is 52.5 Å². The van der Waals surface area contributed by atoms with Gasteiger partial charge < -0.3 is 82.0 Å². The zero-order chi connectivity index (χ0) is 58.8. The van der Waals surface area contributed by atoms with Crippen LogP contribution in [0.4, 0.5) is 11.4 Å². The predicted molar refractivity (Wildman–Crippen MR) is 262 cm³/mol. The number of nitrogens with zero attached hydrogens (tertiary/aromatic N) is 8. The Balaban J connectivity index is -0.000000229. The maximum Gasteiger partial charge on any atom is 2.00 e. The van der Waals surface area contributed by atoms with Gasteiger partial charge in [-0.05, 0) is 89.3 Å². The largest absolute Gasteiger partial charge is 2.00 e. The molecule has 0 amide bonds. The predicted octanol–water partition coefficient (Wildman–Crippen LogP) is -11.1. The van der Waals surface area contributed by atoms with Gasteiger partial charge in [-0.25, -0.2) is 57.2 Å². The van der Waals surface area contributed by atoms with Crippen LogP contribution in [0.3, 0.4) is 0 Å². The van der Waals surface area contributed by atoms with Crippen molar-refractivity contribution in [2.24, 2.45) is 20.0 Å². The van der Waals surface area contributed by atoms with Gasteiger partial charge >= 0.3 is 68.3 Å². The fraction of sp³-hybridized carbons (Fsp3) is 0.318. The summed E-state index contributed by atoms with van der Waals surface area (Å²) in [6, 6.07) is 11.0. The molecule has 0 unspecified atom stereocenters. The number of aliphatic hydroxyl groups is 2. The molecule has 6 rings (SSSR count). The van der Waals surface area contributed by atoms with Crippen molar-refractivity contribution in [3.05, 3.63) is 101 Å². The van der Waals surface area contributed by atoms with Gasteiger partial charge in [0.05, 0.1) is 56.6 Å². The Morgan fingerprint density at radius 1 is 0.464 bits per heavy atom. The van der Waals surface area contributed by atoms with Crippen LogP contribution in [0.2, 0.25) is 0 Å². The van der Waals surface area contributed by atoms with Gasteiger partial charge in [-0.2, -0.15) is 0 Å². The summed E-state index contributed by atoms with van der Waals surface area (Å²) < 4.78 is 67.9. The third kappa shape index (κ3) is 44.3. The van der Waals surface area contributed by atoms with E-state index in [-0.39, 0.29) is 128 Å². The Morgan fingerprint density at radius 2 is 0.714 bits per heavy atom. The van der Waals surface area contributed by atoms with E-state index in [9.17, 15) is 40.2 Å². The van der Waals surface area contributed by atoms with Gasteiger partial charge in [0.1, 0.15) is 22.8 Å². The third-order valence-electron chi connectivity index (χ3n) is 8.17. The molecule has 0 aliphatic heterocycles. The molecule has 0 fully saturated rings. The number of carbonyl (C=O) groups is 2. The quantitative estimate of drug-likeness (QED) is 0.0269. The fourth-order valence-electron chi connectivity index (χ4n) is 5.04. The van der Waals surface area contributed by atoms with Crippen molar-refractivity contribution in [3.8, 4) is 22.8 Å². The van der Waals surface area contributed by atoms with Crippen molar-refractivity contribution in [2.45, 2.75) is 40.5 Å². The summed E-state index contributed by atoms with van der Waals surface area (Å²) in [6.07, 6.45) is 1.04. The number of aromatic carboxylic acids is 2. The summed E-state index contributed by atoms with van der Waals surface area (Å²) in [4.78, 5) is 53.1. The molecule has 4 aromatic heterocycles. The molecule has 0 atom stereocenters. The molecule has 6 aromatic rings. The summed E-state index contributed by atoms with van der Waals surface area (Å²) in [5.74, 6) is -7.28. The first-order valence-corrected chi connectivity index (χ1v) is 27.7. The Morgan fingerprint density at radius 3 is 0.929 bits per heavy atom. The SMILES string of the molecule is Cc1nc(-c2csc(C)n2)cs1.Cc1nc(-c2csc(C)n2)cs1.O.O.O=C([O-])c1ccccc1N=C([O-])C([O-])=NCCCNCCO.O=C([O-])c1ccccc1N=C([O-])C([O-])=NCCCNCCO.[Cu+2].[Cu+2].[Cu+2].[Cu+2].[O-][Cl+3]([O-])([O-])[O-].[O-][Cl+3]([O-])([O-])[O-]. The smallest absolute Gasteiger partial charge is 0.858 e. The molecule has 0 spiro atoms. The first-order chi connectivity index (χ1) is 36.6. The van der Waals surface area contributed by atoms with Crippen LogP contribution in [-0.4, -0.2) is 129 Å². The second-order valence-electron chi connectivity index (χ2n) is 14.2. The number of para-hydroxylation sites is 2. The summed E-state index contributed by atoms with van der Waals surface area (Å²) in [5.41, 5.74) is 3.20. The number of hydrogen-bond donors (Lipinski definition) is 4. The number of aliphatic imine (C=N–C) groups is 4. The van der Waals surface area contributed by atoms with Gasteiger partial charge in [-0.1, -0.05) is 36.4 Å². The number of aromatic nitrogens is 4. The van der Waals surface area contributed by atoms with Gasteiger partial charge in [-0.3, -0.25) is 9.98 Å². The van der Waals surface area contributed by atoms with E-state index in [0.717, 1.165) is 42.8 Å². The van der Waals surface area contributed by atoms with Gasteiger partial charge in [0, 0.05) is 58.8 Å². The molecule has 30 nitrogen and oxygen atoms in total. The molecule has 8 N–H and O–H groups in total. The number of aryl methyl sites for hydroxylation is 4. The standard InChI is InChI=1S/2C14H19N3O5.2C8H8N2S2.2ClHO4.4Cu.2H2O/c2*18-9-8-15-6-3-7-16-12(19)13(20)17-11-5-2-1-4-10(11)14(21)22;2*1-5-9-7(3-11-5)8-4-12-6(2)10-8;2*2-1(3,4)5;;;;;;/h2*1-2,4-5,15,18H,3,6-9H2,(H,16,19)(H,17,20)(H,21,22);2*3-4H,1-2H3;2*(H,2,3,4,5);;;;;2*1H2/q;;;;;;4*+2;;/p-8. The zero-order valence-corrected chi connectivity index (χ0v) is 52.1. The van der Waals surface area contributed by atoms with Crippen molar-refractivity contribution >= 4 is 92.3 Å². The Hall–Kier alpha value is -4.12. The Kier molecular flexibility index (Phi) is 54.1. The van der Waals surface area contributed by atoms with E-state index in [0.29, 0.717) is 39.0 Å². The normalized spacial score (nSPS) is 10.9. The second kappa shape index (κ2) is 49.9. The van der Waals surface area contributed by atoms with Gasteiger partial charge in [0.2, 0.25) is 0 Å². The van der Waals surface area contributed by atoms with E-state index in [2.05, 4.69) is 50.5 Å². The molecule has 0 saturated carbocycles. The molecule has 0 aliphatic carbocycles. The number of carboxylic acids is 2. The number of hydrogen-bond acceptors (Lipinski definition) is 32. The van der Waals surface area contributed by atoms with Crippen LogP contribution in [0, 0.1) is 48.2 Å².